The number of hydrogen-bond donors (Lipinski definition) is 1. The van der Waals surface area contributed by atoms with E-state index in [2.05, 4.69) is 15.2 Å². The predicted octanol–water partition coefficient (Wildman–Crippen LogP) is 4.80. The lowest BCUT2D eigenvalue weighted by atomic mass is 10.2. The number of ether oxygens (including phenoxy) is 3. The SMILES string of the molecule is COc1ccc(CN(C(=O)OC(C)(C)C)/C(=N/CCCN2CCCC2)NC(=O)OC(C)(C)C)cc1. The van der Waals surface area contributed by atoms with E-state index in [4.69, 9.17) is 14.2 Å². The molecule has 1 N–H and O–H groups in total. The van der Waals surface area contributed by atoms with Crippen LogP contribution in [0.3, 0.4) is 0 Å². The number of alkyl carbamates (subject to hydrolysis) is 1. The molecule has 196 valence electrons. The van der Waals surface area contributed by atoms with Gasteiger partial charge in [-0.1, -0.05) is 12.1 Å². The zero-order valence-corrected chi connectivity index (χ0v) is 22.3. The van der Waals surface area contributed by atoms with Crippen molar-refractivity contribution in [3.63, 3.8) is 0 Å². The van der Waals surface area contributed by atoms with Gasteiger partial charge in [0.2, 0.25) is 5.96 Å². The van der Waals surface area contributed by atoms with Gasteiger partial charge < -0.3 is 19.1 Å². The number of carbonyl (C=O) groups excluding carboxylic acids is 2. The molecule has 1 heterocycles. The molecule has 9 heteroatoms. The lowest BCUT2D eigenvalue weighted by Gasteiger charge is -2.29. The van der Waals surface area contributed by atoms with Gasteiger partial charge >= 0.3 is 12.2 Å². The smallest absolute Gasteiger partial charge is 0.417 e. The second-order valence-electron chi connectivity index (χ2n) is 10.6. The van der Waals surface area contributed by atoms with Crippen LogP contribution < -0.4 is 10.1 Å². The summed E-state index contributed by atoms with van der Waals surface area (Å²) in [6.45, 7) is 14.5. The first-order chi connectivity index (χ1) is 16.4. The minimum Gasteiger partial charge on any atom is -0.497 e. The van der Waals surface area contributed by atoms with E-state index in [9.17, 15) is 9.59 Å². The maximum Gasteiger partial charge on any atom is 0.417 e. The molecule has 0 saturated carbocycles. The number of hydrogen-bond acceptors (Lipinski definition) is 7. The van der Waals surface area contributed by atoms with Gasteiger partial charge in [0, 0.05) is 6.54 Å². The van der Waals surface area contributed by atoms with Gasteiger partial charge in [-0.15, -0.1) is 0 Å². The number of likely N-dealkylation sites (tertiary alicyclic amines) is 1. The minimum atomic E-state index is -0.720. The Balaban J connectivity index is 2.28. The lowest BCUT2D eigenvalue weighted by molar-refractivity contribution is 0.0347. The molecule has 2 amide bonds. The molecule has 1 aromatic carbocycles. The summed E-state index contributed by atoms with van der Waals surface area (Å²) in [5.41, 5.74) is -0.591. The number of methoxy groups -OCH3 is 1. The topological polar surface area (TPSA) is 92.7 Å². The van der Waals surface area contributed by atoms with Crippen molar-refractivity contribution in [3.8, 4) is 5.75 Å². The van der Waals surface area contributed by atoms with Crippen molar-refractivity contribution in [1.82, 2.24) is 15.1 Å². The van der Waals surface area contributed by atoms with Gasteiger partial charge in [0.1, 0.15) is 17.0 Å². The standard InChI is InChI=1S/C26H42N4O5/c1-25(2,3)34-23(31)28-22(27-15-10-18-29-16-8-9-17-29)30(24(32)35-26(4,5)6)19-20-11-13-21(33-7)14-12-20/h11-14H,8-10,15-19H2,1-7H3,(H,27,28,31). The number of amides is 2. The molecule has 0 unspecified atom stereocenters. The molecule has 1 aliphatic heterocycles. The van der Waals surface area contributed by atoms with Crippen molar-refractivity contribution in [2.24, 2.45) is 4.99 Å². The normalized spacial score (nSPS) is 15.0. The maximum atomic E-state index is 13.2. The molecular formula is C26H42N4O5. The molecular weight excluding hydrogens is 448 g/mol. The number of nitrogens with one attached hydrogen (secondary N) is 1. The molecule has 1 saturated heterocycles. The monoisotopic (exact) mass is 490 g/mol. The molecule has 0 aliphatic carbocycles. The molecule has 0 bridgehead atoms. The average Bonchev–Trinajstić information content (AvgIpc) is 3.25. The number of guanidine groups is 1. The third-order valence-electron chi connectivity index (χ3n) is 5.07. The van der Waals surface area contributed by atoms with E-state index >= 15 is 0 Å². The van der Waals surface area contributed by atoms with Crippen LogP contribution in [0.25, 0.3) is 0 Å². The second-order valence-corrected chi connectivity index (χ2v) is 10.6. The molecule has 1 aliphatic rings. The molecule has 35 heavy (non-hydrogen) atoms. The van der Waals surface area contributed by atoms with E-state index in [0.29, 0.717) is 12.3 Å². The molecule has 1 fully saturated rings. The minimum absolute atomic E-state index is 0.103. The summed E-state index contributed by atoms with van der Waals surface area (Å²) < 4.78 is 16.3. The van der Waals surface area contributed by atoms with Crippen LogP contribution in [-0.4, -0.2) is 72.4 Å². The summed E-state index contributed by atoms with van der Waals surface area (Å²) in [5, 5.41) is 2.69. The fourth-order valence-corrected chi connectivity index (χ4v) is 3.53. The largest absolute Gasteiger partial charge is 0.497 e. The van der Waals surface area contributed by atoms with Crippen LogP contribution in [-0.2, 0) is 16.0 Å². The molecule has 1 aromatic rings. The first-order valence-corrected chi connectivity index (χ1v) is 12.3. The first-order valence-electron chi connectivity index (χ1n) is 12.3. The van der Waals surface area contributed by atoms with Crippen molar-refractivity contribution in [2.45, 2.75) is 78.6 Å². The Bertz CT molecular complexity index is 850. The van der Waals surface area contributed by atoms with Crippen LogP contribution >= 0.6 is 0 Å². The van der Waals surface area contributed by atoms with Crippen LogP contribution in [0.2, 0.25) is 0 Å². The van der Waals surface area contributed by atoms with Crippen LogP contribution in [0.5, 0.6) is 5.75 Å². The van der Waals surface area contributed by atoms with E-state index < -0.39 is 23.4 Å². The Kier molecular flexibility index (Phi) is 10.4. The van der Waals surface area contributed by atoms with E-state index in [-0.39, 0.29) is 12.5 Å². The predicted molar refractivity (Wildman–Crippen MR) is 137 cm³/mol. The maximum absolute atomic E-state index is 13.2. The highest BCUT2D eigenvalue weighted by atomic mass is 16.6. The van der Waals surface area contributed by atoms with Gasteiger partial charge in [0.05, 0.1) is 13.7 Å². The van der Waals surface area contributed by atoms with Gasteiger partial charge in [0.15, 0.2) is 0 Å². The highest BCUT2D eigenvalue weighted by Crippen LogP contribution is 2.17. The van der Waals surface area contributed by atoms with Gasteiger partial charge in [0.25, 0.3) is 0 Å². The Labute approximate surface area is 209 Å². The highest BCUT2D eigenvalue weighted by molar-refractivity contribution is 6.01. The quantitative estimate of drug-likeness (QED) is 0.335. The molecule has 0 aromatic heterocycles. The molecule has 2 rings (SSSR count). The zero-order valence-electron chi connectivity index (χ0n) is 22.3. The van der Waals surface area contributed by atoms with Gasteiger partial charge in [-0.25, -0.2) is 14.5 Å². The molecule has 9 nitrogen and oxygen atoms in total. The summed E-state index contributed by atoms with van der Waals surface area (Å²) in [6, 6.07) is 7.34. The molecule has 0 spiro atoms. The van der Waals surface area contributed by atoms with Crippen LogP contribution in [0.15, 0.2) is 29.3 Å². The zero-order chi connectivity index (χ0) is 26.1. The van der Waals surface area contributed by atoms with Crippen LogP contribution in [0.4, 0.5) is 9.59 Å². The van der Waals surface area contributed by atoms with Gasteiger partial charge in [-0.2, -0.15) is 0 Å². The number of nitrogens with zero attached hydrogens (tertiary/aromatic N) is 3. The summed E-state index contributed by atoms with van der Waals surface area (Å²) in [4.78, 5) is 34.2. The number of rotatable bonds is 7. The second kappa shape index (κ2) is 12.8. The Morgan fingerprint density at radius 2 is 1.60 bits per heavy atom. The third-order valence-corrected chi connectivity index (χ3v) is 5.07. The fraction of sp³-hybridized carbons (Fsp3) is 0.654. The first kappa shape index (κ1) is 28.4. The lowest BCUT2D eigenvalue weighted by Crippen LogP contribution is -2.49. The van der Waals surface area contributed by atoms with E-state index in [0.717, 1.165) is 31.6 Å². The summed E-state index contributed by atoms with van der Waals surface area (Å²) in [5.74, 6) is 0.811. The Morgan fingerprint density at radius 1 is 1.00 bits per heavy atom. The van der Waals surface area contributed by atoms with E-state index in [1.165, 1.54) is 17.7 Å². The van der Waals surface area contributed by atoms with E-state index in [1.807, 2.05) is 24.3 Å². The van der Waals surface area contributed by atoms with Crippen LogP contribution in [0.1, 0.15) is 66.4 Å². The summed E-state index contributed by atoms with van der Waals surface area (Å²) >= 11 is 0. The van der Waals surface area contributed by atoms with Crippen molar-refractivity contribution < 1.29 is 23.8 Å². The number of aliphatic imine (C=N–C) groups is 1. The Morgan fingerprint density at radius 3 is 2.14 bits per heavy atom. The number of carbonyl (C=O) groups is 2. The third kappa shape index (κ3) is 11.0. The average molecular weight is 491 g/mol. The van der Waals surface area contributed by atoms with Crippen molar-refractivity contribution in [1.29, 1.82) is 0 Å². The fourth-order valence-electron chi connectivity index (χ4n) is 3.53. The summed E-state index contributed by atoms with van der Waals surface area (Å²) in [6.07, 6.45) is 1.97. The van der Waals surface area contributed by atoms with Crippen molar-refractivity contribution in [2.75, 3.05) is 33.3 Å². The Hall–Kier alpha value is -2.81. The number of benzene rings is 1. The van der Waals surface area contributed by atoms with Gasteiger partial charge in [-0.3, -0.25) is 10.3 Å². The van der Waals surface area contributed by atoms with E-state index in [1.54, 1.807) is 48.7 Å². The molecule has 0 atom stereocenters. The molecule has 0 radical (unpaired) electrons. The van der Waals surface area contributed by atoms with Crippen molar-refractivity contribution >= 4 is 18.1 Å². The highest BCUT2D eigenvalue weighted by Gasteiger charge is 2.28. The van der Waals surface area contributed by atoms with Crippen LogP contribution in [0, 0.1) is 0 Å². The summed E-state index contributed by atoms with van der Waals surface area (Å²) in [7, 11) is 1.60. The van der Waals surface area contributed by atoms with Crippen molar-refractivity contribution in [3.05, 3.63) is 29.8 Å². The van der Waals surface area contributed by atoms with Gasteiger partial charge in [-0.05, 0) is 98.1 Å².